The van der Waals surface area contributed by atoms with E-state index >= 15 is 0 Å². The van der Waals surface area contributed by atoms with Gasteiger partial charge in [-0.25, -0.2) is 4.98 Å². The van der Waals surface area contributed by atoms with Crippen molar-refractivity contribution in [3.63, 3.8) is 0 Å². The molecule has 1 aliphatic rings. The maximum Gasteiger partial charge on any atom is 0.272 e. The predicted octanol–water partition coefficient (Wildman–Crippen LogP) is 2.68. The van der Waals surface area contributed by atoms with Crippen LogP contribution in [0, 0.1) is 0 Å². The number of ether oxygens (including phenoxy) is 1. The van der Waals surface area contributed by atoms with E-state index < -0.39 is 0 Å². The molecule has 0 saturated heterocycles. The first kappa shape index (κ1) is 17.7. The lowest BCUT2D eigenvalue weighted by Gasteiger charge is -2.25. The number of aryl methyl sites for hydroxylation is 2. The number of rotatable bonds is 5. The van der Waals surface area contributed by atoms with Crippen LogP contribution in [0.5, 0.6) is 0 Å². The van der Waals surface area contributed by atoms with E-state index in [0.717, 1.165) is 41.0 Å². The molecule has 1 amide bonds. The van der Waals surface area contributed by atoms with Crippen LogP contribution in [-0.2, 0) is 24.6 Å². The van der Waals surface area contributed by atoms with Gasteiger partial charge < -0.3 is 14.6 Å². The quantitative estimate of drug-likeness (QED) is 0.679. The Bertz CT molecular complexity index is 974. The third-order valence-electron chi connectivity index (χ3n) is 5.19. The van der Waals surface area contributed by atoms with Crippen molar-refractivity contribution in [3.05, 3.63) is 47.0 Å². The molecule has 3 aromatic rings. The first-order valence-corrected chi connectivity index (χ1v) is 9.45. The molecule has 4 rings (SSSR count). The van der Waals surface area contributed by atoms with Gasteiger partial charge in [-0.1, -0.05) is 12.1 Å². The Morgan fingerprint density at radius 1 is 1.37 bits per heavy atom. The number of H-pyrrole nitrogens is 1. The normalized spacial score (nSPS) is 19.2. The van der Waals surface area contributed by atoms with Crippen molar-refractivity contribution in [2.75, 3.05) is 6.54 Å². The molecule has 0 radical (unpaired) electrons. The molecule has 0 fully saturated rings. The number of fused-ring (bicyclic) bond motifs is 2. The van der Waals surface area contributed by atoms with E-state index in [4.69, 9.17) is 4.74 Å². The van der Waals surface area contributed by atoms with Gasteiger partial charge in [0.15, 0.2) is 5.69 Å². The van der Waals surface area contributed by atoms with Crippen LogP contribution >= 0.6 is 0 Å². The smallest absolute Gasteiger partial charge is 0.272 e. The molecular formula is C20H25N5O2. The van der Waals surface area contributed by atoms with Crippen molar-refractivity contribution in [2.24, 2.45) is 7.05 Å². The van der Waals surface area contributed by atoms with Gasteiger partial charge in [-0.05, 0) is 32.4 Å². The Balaban J connectivity index is 1.36. The van der Waals surface area contributed by atoms with E-state index in [9.17, 15) is 4.79 Å². The van der Waals surface area contributed by atoms with Crippen molar-refractivity contribution in [1.29, 1.82) is 0 Å². The number of aromatic amines is 1. The maximum absolute atomic E-state index is 12.6. The minimum atomic E-state index is -0.126. The number of nitrogens with zero attached hydrogens (tertiary/aromatic N) is 3. The molecule has 1 aromatic carbocycles. The lowest BCUT2D eigenvalue weighted by molar-refractivity contribution is -0.00697. The van der Waals surface area contributed by atoms with Crippen molar-refractivity contribution in [2.45, 2.75) is 45.3 Å². The molecule has 142 valence electrons. The summed E-state index contributed by atoms with van der Waals surface area (Å²) in [5.74, 6) is 0.904. The van der Waals surface area contributed by atoms with Crippen molar-refractivity contribution >= 4 is 16.9 Å². The summed E-state index contributed by atoms with van der Waals surface area (Å²) < 4.78 is 7.89. The van der Waals surface area contributed by atoms with Gasteiger partial charge in [-0.15, -0.1) is 0 Å². The van der Waals surface area contributed by atoms with Gasteiger partial charge in [0.25, 0.3) is 5.91 Å². The minimum Gasteiger partial charge on any atom is -0.369 e. The largest absolute Gasteiger partial charge is 0.369 e. The standard InChI is InChI=1S/C20H25N5O2/c1-12-11-14-18(13(2)27-12)23-24-19(14)20(26)21-10-6-9-17-22-15-7-4-5-8-16(15)25(17)3/h4-5,7-8,12-13H,6,9-11H2,1-3H3,(H,21,26)(H,23,24)/t12-,13+/m1/s1. The highest BCUT2D eigenvalue weighted by Crippen LogP contribution is 2.30. The average molecular weight is 367 g/mol. The predicted molar refractivity (Wildman–Crippen MR) is 103 cm³/mol. The van der Waals surface area contributed by atoms with E-state index in [2.05, 4.69) is 31.1 Å². The summed E-state index contributed by atoms with van der Waals surface area (Å²) >= 11 is 0. The lowest BCUT2D eigenvalue weighted by atomic mass is 9.99. The zero-order chi connectivity index (χ0) is 19.0. The summed E-state index contributed by atoms with van der Waals surface area (Å²) in [5, 5.41) is 10.2. The second-order valence-electron chi connectivity index (χ2n) is 7.19. The third-order valence-corrected chi connectivity index (χ3v) is 5.19. The second kappa shape index (κ2) is 7.15. The number of benzene rings is 1. The summed E-state index contributed by atoms with van der Waals surface area (Å²) in [6.07, 6.45) is 2.38. The number of nitrogens with one attached hydrogen (secondary N) is 2. The SMILES string of the molecule is C[C@@H]1Cc2c(C(=O)NCCCc3nc4ccccc4n3C)n[nH]c2[C@H](C)O1. The van der Waals surface area contributed by atoms with Gasteiger partial charge in [0.2, 0.25) is 0 Å². The van der Waals surface area contributed by atoms with Crippen molar-refractivity contribution in [3.8, 4) is 0 Å². The Hall–Kier alpha value is -2.67. The molecule has 7 nitrogen and oxygen atoms in total. The molecule has 0 saturated carbocycles. The minimum absolute atomic E-state index is 0.0599. The highest BCUT2D eigenvalue weighted by atomic mass is 16.5. The van der Waals surface area contributed by atoms with Crippen LogP contribution in [0.2, 0.25) is 0 Å². The summed E-state index contributed by atoms with van der Waals surface area (Å²) in [5.41, 5.74) is 4.53. The number of hydrogen-bond acceptors (Lipinski definition) is 4. The maximum atomic E-state index is 12.6. The monoisotopic (exact) mass is 367 g/mol. The average Bonchev–Trinajstić information content (AvgIpc) is 3.21. The van der Waals surface area contributed by atoms with Crippen LogP contribution in [-0.4, -0.2) is 38.3 Å². The molecule has 0 aliphatic carbocycles. The highest BCUT2D eigenvalue weighted by Gasteiger charge is 2.29. The number of para-hydroxylation sites is 2. The molecule has 2 atom stereocenters. The zero-order valence-electron chi connectivity index (χ0n) is 16.0. The number of amides is 1. The Morgan fingerprint density at radius 3 is 3.00 bits per heavy atom. The van der Waals surface area contributed by atoms with Crippen LogP contribution in [0.25, 0.3) is 11.0 Å². The number of hydrogen-bond donors (Lipinski definition) is 2. The van der Waals surface area contributed by atoms with Gasteiger partial charge in [0.05, 0.1) is 28.9 Å². The van der Waals surface area contributed by atoms with Crippen LogP contribution in [0.4, 0.5) is 0 Å². The van der Waals surface area contributed by atoms with Crippen LogP contribution in [0.15, 0.2) is 24.3 Å². The molecular weight excluding hydrogens is 342 g/mol. The van der Waals surface area contributed by atoms with Gasteiger partial charge in [0.1, 0.15) is 5.82 Å². The summed E-state index contributed by atoms with van der Waals surface area (Å²) in [7, 11) is 2.03. The van der Waals surface area contributed by atoms with Crippen LogP contribution in [0.1, 0.15) is 53.9 Å². The van der Waals surface area contributed by atoms with Crippen molar-refractivity contribution < 1.29 is 9.53 Å². The van der Waals surface area contributed by atoms with Gasteiger partial charge in [-0.3, -0.25) is 9.89 Å². The van der Waals surface area contributed by atoms with Crippen LogP contribution < -0.4 is 5.32 Å². The highest BCUT2D eigenvalue weighted by molar-refractivity contribution is 5.94. The summed E-state index contributed by atoms with van der Waals surface area (Å²) in [4.78, 5) is 17.2. The van der Waals surface area contributed by atoms with E-state index in [1.54, 1.807) is 0 Å². The fraction of sp³-hybridized carbons (Fsp3) is 0.450. The second-order valence-corrected chi connectivity index (χ2v) is 7.19. The van der Waals surface area contributed by atoms with E-state index in [1.165, 1.54) is 0 Å². The molecule has 2 N–H and O–H groups in total. The van der Waals surface area contributed by atoms with Gasteiger partial charge in [0, 0.05) is 32.0 Å². The first-order valence-electron chi connectivity index (χ1n) is 9.45. The Labute approximate surface area is 158 Å². The first-order chi connectivity index (χ1) is 13.0. The molecule has 2 aromatic heterocycles. The number of carbonyl (C=O) groups excluding carboxylic acids is 1. The lowest BCUT2D eigenvalue weighted by Crippen LogP contribution is -2.28. The Kier molecular flexibility index (Phi) is 4.70. The number of aromatic nitrogens is 4. The topological polar surface area (TPSA) is 84.8 Å². The molecule has 3 heterocycles. The number of imidazole rings is 1. The van der Waals surface area contributed by atoms with Crippen molar-refractivity contribution in [1.82, 2.24) is 25.1 Å². The van der Waals surface area contributed by atoms with E-state index in [1.807, 2.05) is 39.1 Å². The third kappa shape index (κ3) is 3.35. The number of carbonyl (C=O) groups is 1. The summed E-state index contributed by atoms with van der Waals surface area (Å²) in [6, 6.07) is 8.11. The van der Waals surface area contributed by atoms with Gasteiger partial charge in [-0.2, -0.15) is 5.10 Å². The fourth-order valence-electron chi connectivity index (χ4n) is 3.81. The van der Waals surface area contributed by atoms with E-state index in [0.29, 0.717) is 18.7 Å². The molecule has 7 heteroatoms. The van der Waals surface area contributed by atoms with E-state index in [-0.39, 0.29) is 18.1 Å². The molecule has 0 unspecified atom stereocenters. The van der Waals surface area contributed by atoms with Gasteiger partial charge >= 0.3 is 0 Å². The molecule has 0 spiro atoms. The summed E-state index contributed by atoms with van der Waals surface area (Å²) in [6.45, 7) is 4.58. The fourth-order valence-corrected chi connectivity index (χ4v) is 3.81. The van der Waals surface area contributed by atoms with Crippen LogP contribution in [0.3, 0.4) is 0 Å². The molecule has 27 heavy (non-hydrogen) atoms. The zero-order valence-corrected chi connectivity index (χ0v) is 16.0. The molecule has 1 aliphatic heterocycles. The Morgan fingerprint density at radius 2 is 2.19 bits per heavy atom. The molecule has 0 bridgehead atoms.